The Balaban J connectivity index is 1.49. The Bertz CT molecular complexity index is 853. The highest BCUT2D eigenvalue weighted by Gasteiger charge is 2.11. The number of hydrogen-bond donors (Lipinski definition) is 1. The van der Waals surface area contributed by atoms with E-state index in [4.69, 9.17) is 4.74 Å². The van der Waals surface area contributed by atoms with Gasteiger partial charge in [-0.05, 0) is 11.6 Å². The van der Waals surface area contributed by atoms with Crippen LogP contribution in [0.2, 0.25) is 0 Å². The van der Waals surface area contributed by atoms with Crippen molar-refractivity contribution in [3.8, 4) is 5.75 Å². The van der Waals surface area contributed by atoms with E-state index in [-0.39, 0.29) is 12.3 Å². The van der Waals surface area contributed by atoms with Crippen LogP contribution in [0.3, 0.4) is 0 Å². The van der Waals surface area contributed by atoms with Crippen LogP contribution in [0.4, 0.5) is 5.13 Å². The first-order valence-electron chi connectivity index (χ1n) is 8.10. The molecule has 0 aliphatic carbocycles. The number of aromatic nitrogens is 2. The molecule has 0 aliphatic heterocycles. The number of amides is 1. The summed E-state index contributed by atoms with van der Waals surface area (Å²) in [6.45, 7) is 0. The van der Waals surface area contributed by atoms with Gasteiger partial charge in [-0.2, -0.15) is 0 Å². The topological polar surface area (TPSA) is 64.1 Å². The number of carbonyl (C=O) groups is 1. The van der Waals surface area contributed by atoms with Gasteiger partial charge in [-0.3, -0.25) is 4.79 Å². The molecule has 2 aromatic carbocycles. The maximum absolute atomic E-state index is 12.2. The lowest BCUT2D eigenvalue weighted by Crippen LogP contribution is -2.14. The second kappa shape index (κ2) is 9.35. The Kier molecular flexibility index (Phi) is 6.62. The maximum atomic E-state index is 12.2. The van der Waals surface area contributed by atoms with Gasteiger partial charge in [-0.1, -0.05) is 59.9 Å². The van der Waals surface area contributed by atoms with Crippen LogP contribution in [0.25, 0.3) is 0 Å². The molecule has 5 nitrogen and oxygen atoms in total. The number of rotatable bonds is 8. The maximum Gasteiger partial charge on any atom is 0.230 e. The van der Waals surface area contributed by atoms with Gasteiger partial charge in [-0.25, -0.2) is 0 Å². The van der Waals surface area contributed by atoms with Crippen LogP contribution in [0.15, 0.2) is 54.6 Å². The molecule has 0 spiro atoms. The summed E-state index contributed by atoms with van der Waals surface area (Å²) < 4.78 is 5.27. The smallest absolute Gasteiger partial charge is 0.230 e. The van der Waals surface area contributed by atoms with Crippen LogP contribution in [-0.2, 0) is 22.7 Å². The van der Waals surface area contributed by atoms with E-state index in [1.807, 2.05) is 42.5 Å². The zero-order valence-corrected chi connectivity index (χ0v) is 16.0. The van der Waals surface area contributed by atoms with Crippen molar-refractivity contribution in [2.24, 2.45) is 0 Å². The minimum Gasteiger partial charge on any atom is -0.496 e. The summed E-state index contributed by atoms with van der Waals surface area (Å²) in [6, 6.07) is 17.8. The fourth-order valence-electron chi connectivity index (χ4n) is 2.38. The molecule has 0 unspecified atom stereocenters. The van der Waals surface area contributed by atoms with Crippen LogP contribution >= 0.6 is 23.1 Å². The summed E-state index contributed by atoms with van der Waals surface area (Å²) in [6.07, 6.45) is 0.238. The van der Waals surface area contributed by atoms with Gasteiger partial charge in [0.1, 0.15) is 10.8 Å². The summed E-state index contributed by atoms with van der Waals surface area (Å²) in [4.78, 5) is 12.2. The number of para-hydroxylation sites is 1. The van der Waals surface area contributed by atoms with Crippen molar-refractivity contribution in [1.82, 2.24) is 10.2 Å². The monoisotopic (exact) mass is 385 g/mol. The number of benzene rings is 2. The van der Waals surface area contributed by atoms with Gasteiger partial charge >= 0.3 is 0 Å². The Morgan fingerprint density at radius 3 is 2.65 bits per heavy atom. The van der Waals surface area contributed by atoms with Gasteiger partial charge in [-0.15, -0.1) is 22.0 Å². The van der Waals surface area contributed by atoms with Crippen molar-refractivity contribution in [1.29, 1.82) is 0 Å². The summed E-state index contributed by atoms with van der Waals surface area (Å²) in [5, 5.41) is 12.4. The fraction of sp³-hybridized carbons (Fsp3) is 0.211. The molecular weight excluding hydrogens is 366 g/mol. The molecule has 0 saturated carbocycles. The first-order valence-corrected chi connectivity index (χ1v) is 10.1. The molecule has 1 aromatic heterocycles. The third-order valence-corrected chi connectivity index (χ3v) is 5.63. The van der Waals surface area contributed by atoms with Crippen molar-refractivity contribution in [2.75, 3.05) is 12.4 Å². The molecule has 0 aliphatic rings. The molecule has 0 radical (unpaired) electrons. The molecule has 7 heteroatoms. The first-order chi connectivity index (χ1) is 12.7. The molecule has 1 heterocycles. The zero-order valence-electron chi connectivity index (χ0n) is 14.3. The van der Waals surface area contributed by atoms with Gasteiger partial charge in [0, 0.05) is 17.1 Å². The highest BCUT2D eigenvalue weighted by Crippen LogP contribution is 2.23. The van der Waals surface area contributed by atoms with Gasteiger partial charge in [0.05, 0.1) is 13.5 Å². The minimum absolute atomic E-state index is 0.130. The lowest BCUT2D eigenvalue weighted by molar-refractivity contribution is -0.115. The second-order valence-electron chi connectivity index (χ2n) is 5.52. The van der Waals surface area contributed by atoms with Crippen molar-refractivity contribution in [2.45, 2.75) is 17.9 Å². The van der Waals surface area contributed by atoms with Crippen LogP contribution in [0.5, 0.6) is 5.75 Å². The highest BCUT2D eigenvalue weighted by molar-refractivity contribution is 7.97. The molecular formula is C19H19N3O2S2. The van der Waals surface area contributed by atoms with E-state index in [2.05, 4.69) is 27.6 Å². The molecule has 3 rings (SSSR count). The molecule has 1 amide bonds. The minimum atomic E-state index is -0.130. The lowest BCUT2D eigenvalue weighted by atomic mass is 10.1. The number of nitrogens with zero attached hydrogens (tertiary/aromatic N) is 2. The standard InChI is InChI=1S/C19H19N3O2S2/c1-24-16-10-6-5-9-15(16)11-17(23)20-19-22-21-18(26-19)13-25-12-14-7-3-2-4-8-14/h2-10H,11-13H2,1H3,(H,20,22,23). The largest absolute Gasteiger partial charge is 0.496 e. The molecule has 0 saturated heterocycles. The number of hydrogen-bond acceptors (Lipinski definition) is 6. The predicted octanol–water partition coefficient (Wildman–Crippen LogP) is 4.16. The molecule has 0 fully saturated rings. The summed E-state index contributed by atoms with van der Waals surface area (Å²) in [7, 11) is 1.60. The zero-order chi connectivity index (χ0) is 18.2. The third-order valence-electron chi connectivity index (χ3n) is 3.59. The lowest BCUT2D eigenvalue weighted by Gasteiger charge is -2.07. The fourth-order valence-corrected chi connectivity index (χ4v) is 4.18. The second-order valence-corrected chi connectivity index (χ2v) is 7.56. The van der Waals surface area contributed by atoms with Crippen molar-refractivity contribution >= 4 is 34.1 Å². The Morgan fingerprint density at radius 1 is 1.08 bits per heavy atom. The quantitative estimate of drug-likeness (QED) is 0.631. The van der Waals surface area contributed by atoms with E-state index in [0.29, 0.717) is 10.9 Å². The normalized spacial score (nSPS) is 10.5. The summed E-state index contributed by atoms with van der Waals surface area (Å²) in [5.41, 5.74) is 2.13. The molecule has 0 atom stereocenters. The average Bonchev–Trinajstić information content (AvgIpc) is 3.10. The molecule has 26 heavy (non-hydrogen) atoms. The Hall–Kier alpha value is -2.38. The first kappa shape index (κ1) is 18.4. The van der Waals surface area contributed by atoms with Gasteiger partial charge < -0.3 is 10.1 Å². The molecule has 1 N–H and O–H groups in total. The molecule has 134 valence electrons. The molecule has 3 aromatic rings. The van der Waals surface area contributed by atoms with Crippen LogP contribution < -0.4 is 10.1 Å². The van der Waals surface area contributed by atoms with Crippen LogP contribution in [0, 0.1) is 0 Å². The van der Waals surface area contributed by atoms with E-state index in [1.54, 1.807) is 18.9 Å². The van der Waals surface area contributed by atoms with E-state index in [9.17, 15) is 4.79 Å². The van der Waals surface area contributed by atoms with E-state index < -0.39 is 0 Å². The van der Waals surface area contributed by atoms with Crippen molar-refractivity contribution in [3.63, 3.8) is 0 Å². The number of carbonyl (C=O) groups excluding carboxylic acids is 1. The Morgan fingerprint density at radius 2 is 1.85 bits per heavy atom. The Labute approximate surface area is 160 Å². The number of anilines is 1. The van der Waals surface area contributed by atoms with Gasteiger partial charge in [0.25, 0.3) is 0 Å². The van der Waals surface area contributed by atoms with E-state index >= 15 is 0 Å². The molecule has 0 bridgehead atoms. The third kappa shape index (κ3) is 5.31. The van der Waals surface area contributed by atoms with E-state index in [1.165, 1.54) is 16.9 Å². The number of ether oxygens (including phenoxy) is 1. The highest BCUT2D eigenvalue weighted by atomic mass is 32.2. The summed E-state index contributed by atoms with van der Waals surface area (Å²) in [5.74, 6) is 2.28. The van der Waals surface area contributed by atoms with Gasteiger partial charge in [0.2, 0.25) is 11.0 Å². The van der Waals surface area contributed by atoms with Crippen LogP contribution in [0.1, 0.15) is 16.1 Å². The van der Waals surface area contributed by atoms with Crippen molar-refractivity contribution < 1.29 is 9.53 Å². The predicted molar refractivity (Wildman–Crippen MR) is 107 cm³/mol. The average molecular weight is 386 g/mol. The number of methoxy groups -OCH3 is 1. The van der Waals surface area contributed by atoms with E-state index in [0.717, 1.165) is 22.1 Å². The number of thioether (sulfide) groups is 1. The van der Waals surface area contributed by atoms with Crippen LogP contribution in [-0.4, -0.2) is 23.2 Å². The summed E-state index contributed by atoms with van der Waals surface area (Å²) >= 11 is 3.19. The number of nitrogens with one attached hydrogen (secondary N) is 1. The SMILES string of the molecule is COc1ccccc1CC(=O)Nc1nnc(CSCc2ccccc2)s1. The van der Waals surface area contributed by atoms with Crippen molar-refractivity contribution in [3.05, 3.63) is 70.7 Å². The van der Waals surface area contributed by atoms with Gasteiger partial charge in [0.15, 0.2) is 0 Å².